The number of benzene rings is 2. The summed E-state index contributed by atoms with van der Waals surface area (Å²) in [6.07, 6.45) is 1.39. The molecule has 2 aliphatic rings. The van der Waals surface area contributed by atoms with Crippen molar-refractivity contribution in [2.24, 2.45) is 5.92 Å². The largest absolute Gasteiger partial charge is 0.453 e. The van der Waals surface area contributed by atoms with Gasteiger partial charge in [0.2, 0.25) is 0 Å². The lowest BCUT2D eigenvalue weighted by molar-refractivity contribution is -0.139. The van der Waals surface area contributed by atoms with Crippen LogP contribution in [0.5, 0.6) is 5.75 Å². The van der Waals surface area contributed by atoms with Crippen molar-refractivity contribution < 1.29 is 19.1 Å². The van der Waals surface area contributed by atoms with E-state index in [1.165, 1.54) is 5.56 Å². The quantitative estimate of drug-likeness (QED) is 0.271. The fourth-order valence-electron chi connectivity index (χ4n) is 4.02. The van der Waals surface area contributed by atoms with E-state index in [2.05, 4.69) is 29.2 Å². The third-order valence-electron chi connectivity index (χ3n) is 5.50. The average Bonchev–Trinajstić information content (AvgIpc) is 2.94. The molecule has 27 heavy (non-hydrogen) atoms. The van der Waals surface area contributed by atoms with Crippen molar-refractivity contribution in [1.82, 2.24) is 0 Å². The maximum absolute atomic E-state index is 12.6. The van der Waals surface area contributed by atoms with Gasteiger partial charge in [0.05, 0.1) is 5.56 Å². The first-order chi connectivity index (χ1) is 12.9. The summed E-state index contributed by atoms with van der Waals surface area (Å²) in [5.74, 6) is -0.195. The molecule has 0 radical (unpaired) electrons. The van der Waals surface area contributed by atoms with Crippen molar-refractivity contribution in [3.05, 3.63) is 73.9 Å². The zero-order valence-corrected chi connectivity index (χ0v) is 17.3. The van der Waals surface area contributed by atoms with Gasteiger partial charge in [-0.05, 0) is 96.3 Å². The molecule has 2 atom stereocenters. The van der Waals surface area contributed by atoms with Gasteiger partial charge in [-0.3, -0.25) is 0 Å². The molecule has 2 aromatic carbocycles. The van der Waals surface area contributed by atoms with E-state index >= 15 is 0 Å². The highest BCUT2D eigenvalue weighted by atomic mass is 127. The van der Waals surface area contributed by atoms with E-state index in [1.54, 1.807) is 12.1 Å². The standard InChI is InChI=1S/C22H19IO4/c1-11-10-18(26-22(25)14-4-6-15(23)7-5-14)13(3)19-16(11)8-9-17-12(2)21(24)27-20(17)19/h4-7,10,17,20H,2,8-9H2,1,3H3. The maximum atomic E-state index is 12.6. The summed E-state index contributed by atoms with van der Waals surface area (Å²) in [5, 5.41) is 0. The zero-order chi connectivity index (χ0) is 19.3. The smallest absolute Gasteiger partial charge is 0.343 e. The Bertz CT molecular complexity index is 975. The Kier molecular flexibility index (Phi) is 4.58. The van der Waals surface area contributed by atoms with Crippen LogP contribution in [0, 0.1) is 23.3 Å². The third-order valence-corrected chi connectivity index (χ3v) is 6.22. The second-order valence-corrected chi connectivity index (χ2v) is 8.35. The Balaban J connectivity index is 1.72. The summed E-state index contributed by atoms with van der Waals surface area (Å²) < 4.78 is 12.4. The number of aryl methyl sites for hydroxylation is 1. The van der Waals surface area contributed by atoms with Gasteiger partial charge in [0, 0.05) is 20.6 Å². The van der Waals surface area contributed by atoms with E-state index in [4.69, 9.17) is 9.47 Å². The Labute approximate surface area is 171 Å². The number of rotatable bonds is 2. The molecule has 0 bridgehead atoms. The van der Waals surface area contributed by atoms with E-state index in [0.717, 1.165) is 33.1 Å². The van der Waals surface area contributed by atoms with Gasteiger partial charge in [-0.15, -0.1) is 0 Å². The Morgan fingerprint density at radius 3 is 2.67 bits per heavy atom. The number of ether oxygens (including phenoxy) is 2. The predicted molar refractivity (Wildman–Crippen MR) is 110 cm³/mol. The summed E-state index contributed by atoms with van der Waals surface area (Å²) in [5.41, 5.74) is 5.11. The highest BCUT2D eigenvalue weighted by molar-refractivity contribution is 14.1. The molecule has 1 heterocycles. The molecular formula is C22H19IO4. The minimum atomic E-state index is -0.394. The average molecular weight is 474 g/mol. The molecule has 138 valence electrons. The van der Waals surface area contributed by atoms with Crippen molar-refractivity contribution in [1.29, 1.82) is 0 Å². The molecule has 0 aromatic heterocycles. The molecule has 1 saturated heterocycles. The molecule has 1 aliphatic carbocycles. The monoisotopic (exact) mass is 474 g/mol. The Morgan fingerprint density at radius 1 is 1.26 bits per heavy atom. The minimum absolute atomic E-state index is 0.00486. The molecular weight excluding hydrogens is 455 g/mol. The predicted octanol–water partition coefficient (Wildman–Crippen LogP) is 4.84. The maximum Gasteiger partial charge on any atom is 0.343 e. The van der Waals surface area contributed by atoms with E-state index in [1.807, 2.05) is 32.0 Å². The number of esters is 2. The molecule has 0 amide bonds. The van der Waals surface area contributed by atoms with Crippen molar-refractivity contribution in [2.75, 3.05) is 0 Å². The van der Waals surface area contributed by atoms with E-state index in [9.17, 15) is 9.59 Å². The molecule has 4 rings (SSSR count). The normalized spacial score (nSPS) is 20.7. The summed E-state index contributed by atoms with van der Waals surface area (Å²) in [6, 6.07) is 9.16. The van der Waals surface area contributed by atoms with Crippen LogP contribution in [0.1, 0.15) is 45.1 Å². The van der Waals surface area contributed by atoms with Crippen molar-refractivity contribution in [2.45, 2.75) is 32.8 Å². The van der Waals surface area contributed by atoms with Crippen molar-refractivity contribution in [3.63, 3.8) is 0 Å². The van der Waals surface area contributed by atoms with Crippen LogP contribution in [0.2, 0.25) is 0 Å². The van der Waals surface area contributed by atoms with Crippen LogP contribution >= 0.6 is 22.6 Å². The Morgan fingerprint density at radius 2 is 1.96 bits per heavy atom. The first-order valence-corrected chi connectivity index (χ1v) is 9.95. The fourth-order valence-corrected chi connectivity index (χ4v) is 4.38. The van der Waals surface area contributed by atoms with Crippen molar-refractivity contribution >= 4 is 34.5 Å². The molecule has 0 saturated carbocycles. The lowest BCUT2D eigenvalue weighted by Gasteiger charge is -2.30. The number of carbonyl (C=O) groups is 2. The van der Waals surface area contributed by atoms with E-state index < -0.39 is 5.97 Å². The number of hydrogen-bond donors (Lipinski definition) is 0. The van der Waals surface area contributed by atoms with Gasteiger partial charge in [-0.1, -0.05) is 6.58 Å². The van der Waals surface area contributed by atoms with Gasteiger partial charge in [-0.25, -0.2) is 9.59 Å². The number of hydrogen-bond acceptors (Lipinski definition) is 4. The second-order valence-electron chi connectivity index (χ2n) is 7.10. The van der Waals surface area contributed by atoms with Gasteiger partial charge in [0.25, 0.3) is 0 Å². The minimum Gasteiger partial charge on any atom is -0.453 e. The number of carbonyl (C=O) groups excluding carboxylic acids is 2. The highest BCUT2D eigenvalue weighted by Gasteiger charge is 2.44. The van der Waals surface area contributed by atoms with Crippen LogP contribution in [0.15, 0.2) is 42.5 Å². The molecule has 1 fully saturated rings. The number of halogens is 1. The van der Waals surface area contributed by atoms with Gasteiger partial charge in [-0.2, -0.15) is 0 Å². The van der Waals surface area contributed by atoms with Crippen LogP contribution in [0.4, 0.5) is 0 Å². The third kappa shape index (κ3) is 3.08. The molecule has 1 aliphatic heterocycles. The SMILES string of the molecule is C=C1C(=O)OC2c3c(C)c(OC(=O)c4ccc(I)cc4)cc(C)c3CCC12. The lowest BCUT2D eigenvalue weighted by Crippen LogP contribution is -2.21. The molecule has 0 spiro atoms. The summed E-state index contributed by atoms with van der Waals surface area (Å²) in [6.45, 7) is 7.83. The molecule has 2 aromatic rings. The zero-order valence-electron chi connectivity index (χ0n) is 15.2. The van der Waals surface area contributed by atoms with Crippen molar-refractivity contribution in [3.8, 4) is 5.75 Å². The first kappa shape index (κ1) is 18.2. The molecule has 4 nitrogen and oxygen atoms in total. The van der Waals surface area contributed by atoms with Gasteiger partial charge < -0.3 is 9.47 Å². The van der Waals surface area contributed by atoms with Crippen LogP contribution in [0.3, 0.4) is 0 Å². The molecule has 2 unspecified atom stereocenters. The van der Waals surface area contributed by atoms with Crippen LogP contribution in [-0.4, -0.2) is 11.9 Å². The topological polar surface area (TPSA) is 52.6 Å². The van der Waals surface area contributed by atoms with Crippen LogP contribution in [-0.2, 0) is 16.0 Å². The summed E-state index contributed by atoms with van der Waals surface area (Å²) >= 11 is 2.19. The lowest BCUT2D eigenvalue weighted by atomic mass is 9.76. The van der Waals surface area contributed by atoms with Crippen LogP contribution < -0.4 is 4.74 Å². The summed E-state index contributed by atoms with van der Waals surface area (Å²) in [7, 11) is 0. The van der Waals surface area contributed by atoms with Crippen LogP contribution in [0.25, 0.3) is 0 Å². The second kappa shape index (κ2) is 6.78. The van der Waals surface area contributed by atoms with Gasteiger partial charge in [0.1, 0.15) is 11.9 Å². The van der Waals surface area contributed by atoms with Gasteiger partial charge in [0.15, 0.2) is 0 Å². The number of fused-ring (bicyclic) bond motifs is 3. The van der Waals surface area contributed by atoms with E-state index in [0.29, 0.717) is 16.9 Å². The van der Waals surface area contributed by atoms with Gasteiger partial charge >= 0.3 is 11.9 Å². The van der Waals surface area contributed by atoms with E-state index in [-0.39, 0.29) is 18.0 Å². The molecule has 5 heteroatoms. The fraction of sp³-hybridized carbons (Fsp3) is 0.273. The highest BCUT2D eigenvalue weighted by Crippen LogP contribution is 2.49. The molecule has 0 N–H and O–H groups in total. The summed E-state index contributed by atoms with van der Waals surface area (Å²) in [4.78, 5) is 24.6. The Hall–Kier alpha value is -2.15. The first-order valence-electron chi connectivity index (χ1n) is 8.87.